The van der Waals surface area contributed by atoms with Gasteiger partial charge in [-0.3, -0.25) is 9.48 Å². The number of nitrogens with zero attached hydrogens (tertiary/aromatic N) is 3. The summed E-state index contributed by atoms with van der Waals surface area (Å²) >= 11 is 1.29. The number of nitrogens with one attached hydrogen (secondary N) is 1. The minimum Gasteiger partial charge on any atom is -0.476 e. The van der Waals surface area contributed by atoms with Crippen LogP contribution in [-0.2, 0) is 6.54 Å². The Morgan fingerprint density at radius 3 is 2.82 bits per heavy atom. The summed E-state index contributed by atoms with van der Waals surface area (Å²) in [6.45, 7) is 0.375. The highest BCUT2D eigenvalue weighted by Gasteiger charge is 2.22. The van der Waals surface area contributed by atoms with Crippen LogP contribution in [0.25, 0.3) is 10.6 Å². The van der Waals surface area contributed by atoms with Crippen LogP contribution in [0.1, 0.15) is 58.3 Å². The van der Waals surface area contributed by atoms with Gasteiger partial charge in [0.2, 0.25) is 0 Å². The molecule has 0 atom stereocenters. The van der Waals surface area contributed by atoms with Crippen molar-refractivity contribution in [1.82, 2.24) is 20.1 Å². The van der Waals surface area contributed by atoms with E-state index in [1.807, 2.05) is 28.9 Å². The summed E-state index contributed by atoms with van der Waals surface area (Å²) in [7, 11) is 0. The minimum atomic E-state index is -1.04. The van der Waals surface area contributed by atoms with Crippen LogP contribution in [0.3, 0.4) is 0 Å². The van der Waals surface area contributed by atoms with Crippen LogP contribution in [0.2, 0.25) is 0 Å². The first-order chi connectivity index (χ1) is 13.6. The molecule has 0 saturated heterocycles. The van der Waals surface area contributed by atoms with Crippen LogP contribution in [0.4, 0.5) is 0 Å². The predicted molar refractivity (Wildman–Crippen MR) is 105 cm³/mol. The number of carboxylic acid groups (broad SMARTS) is 1. The van der Waals surface area contributed by atoms with E-state index in [0.29, 0.717) is 23.3 Å². The fraction of sp³-hybridized carbons (Fsp3) is 0.300. The van der Waals surface area contributed by atoms with Gasteiger partial charge < -0.3 is 10.4 Å². The van der Waals surface area contributed by atoms with E-state index in [1.165, 1.54) is 29.6 Å². The molecule has 3 aromatic rings. The van der Waals surface area contributed by atoms with Crippen LogP contribution in [0, 0.1) is 0 Å². The van der Waals surface area contributed by atoms with Crippen LogP contribution in [0.5, 0.6) is 0 Å². The van der Waals surface area contributed by atoms with Gasteiger partial charge in [-0.05, 0) is 30.5 Å². The van der Waals surface area contributed by atoms with Crippen molar-refractivity contribution in [2.45, 2.75) is 38.3 Å². The summed E-state index contributed by atoms with van der Waals surface area (Å²) in [6, 6.07) is 9.66. The number of aromatic nitrogens is 3. The van der Waals surface area contributed by atoms with E-state index in [4.69, 9.17) is 5.11 Å². The summed E-state index contributed by atoms with van der Waals surface area (Å²) in [5, 5.41) is 18.5. The Morgan fingerprint density at radius 1 is 1.25 bits per heavy atom. The van der Waals surface area contributed by atoms with Crippen LogP contribution < -0.4 is 5.32 Å². The van der Waals surface area contributed by atoms with Crippen molar-refractivity contribution in [2.24, 2.45) is 0 Å². The van der Waals surface area contributed by atoms with Gasteiger partial charge in [-0.25, -0.2) is 9.78 Å². The Bertz CT molecular complexity index is 1000. The molecule has 1 aromatic carbocycles. The highest BCUT2D eigenvalue weighted by atomic mass is 32.1. The standard InChI is InChI=1S/C20H20N4O3S/c25-18(17-8-9-22-24(17)15-6-1-2-7-15)21-11-13-4-3-5-14(10-13)19-23-16(12-28-19)20(26)27/h3-5,8-10,12,15H,1-2,6-7,11H2,(H,21,25)(H,26,27). The van der Waals surface area contributed by atoms with Crippen LogP contribution >= 0.6 is 11.3 Å². The number of rotatable bonds is 6. The Kier molecular flexibility index (Phi) is 5.21. The van der Waals surface area contributed by atoms with E-state index in [-0.39, 0.29) is 11.6 Å². The SMILES string of the molecule is O=C(O)c1csc(-c2cccc(CNC(=O)c3ccnn3C3CCCC3)c2)n1. The molecular formula is C20H20N4O3S. The second kappa shape index (κ2) is 7.93. The number of aromatic carboxylic acids is 1. The van der Waals surface area contributed by atoms with E-state index in [1.54, 1.807) is 12.3 Å². The van der Waals surface area contributed by atoms with Crippen LogP contribution in [-0.4, -0.2) is 31.7 Å². The number of carbonyl (C=O) groups is 2. The van der Waals surface area contributed by atoms with Gasteiger partial charge in [0.05, 0.1) is 6.04 Å². The summed E-state index contributed by atoms with van der Waals surface area (Å²) in [5.41, 5.74) is 2.39. The first-order valence-corrected chi connectivity index (χ1v) is 10.1. The monoisotopic (exact) mass is 396 g/mol. The molecular weight excluding hydrogens is 376 g/mol. The molecule has 0 radical (unpaired) electrons. The van der Waals surface area contributed by atoms with Gasteiger partial charge in [-0.2, -0.15) is 5.10 Å². The number of carboxylic acids is 1. The highest BCUT2D eigenvalue weighted by Crippen LogP contribution is 2.30. The molecule has 0 aliphatic heterocycles. The number of hydrogen-bond acceptors (Lipinski definition) is 5. The molecule has 7 nitrogen and oxygen atoms in total. The Morgan fingerprint density at radius 2 is 2.07 bits per heavy atom. The molecule has 2 aromatic heterocycles. The van der Waals surface area contributed by atoms with E-state index < -0.39 is 5.97 Å². The molecule has 0 bridgehead atoms. The molecule has 0 spiro atoms. The molecule has 2 N–H and O–H groups in total. The van der Waals surface area contributed by atoms with E-state index in [0.717, 1.165) is 24.0 Å². The number of thiazole rings is 1. The van der Waals surface area contributed by atoms with Crippen molar-refractivity contribution in [3.8, 4) is 10.6 Å². The third-order valence-corrected chi connectivity index (χ3v) is 5.82. The maximum atomic E-state index is 12.6. The van der Waals surface area contributed by atoms with Gasteiger partial charge >= 0.3 is 5.97 Å². The van der Waals surface area contributed by atoms with Gasteiger partial charge in [0.1, 0.15) is 10.7 Å². The van der Waals surface area contributed by atoms with Gasteiger partial charge in [-0.1, -0.05) is 31.0 Å². The Balaban J connectivity index is 1.44. The van der Waals surface area contributed by atoms with Gasteiger partial charge in [0.25, 0.3) is 5.91 Å². The maximum absolute atomic E-state index is 12.6. The van der Waals surface area contributed by atoms with Crippen molar-refractivity contribution >= 4 is 23.2 Å². The average molecular weight is 396 g/mol. The van der Waals surface area contributed by atoms with Crippen molar-refractivity contribution in [1.29, 1.82) is 0 Å². The highest BCUT2D eigenvalue weighted by molar-refractivity contribution is 7.13. The molecule has 144 valence electrons. The topological polar surface area (TPSA) is 97.1 Å². The maximum Gasteiger partial charge on any atom is 0.355 e. The quantitative estimate of drug-likeness (QED) is 0.661. The van der Waals surface area contributed by atoms with E-state index >= 15 is 0 Å². The molecule has 28 heavy (non-hydrogen) atoms. The average Bonchev–Trinajstić information content (AvgIpc) is 3.46. The van der Waals surface area contributed by atoms with E-state index in [2.05, 4.69) is 15.4 Å². The molecule has 2 heterocycles. The van der Waals surface area contributed by atoms with Gasteiger partial charge in [0.15, 0.2) is 5.69 Å². The number of hydrogen-bond donors (Lipinski definition) is 2. The fourth-order valence-corrected chi connectivity index (χ4v) is 4.32. The molecule has 1 fully saturated rings. The molecule has 1 amide bonds. The summed E-state index contributed by atoms with van der Waals surface area (Å²) < 4.78 is 1.85. The van der Waals surface area contributed by atoms with Gasteiger partial charge in [0, 0.05) is 23.7 Å². The first kappa shape index (κ1) is 18.4. The van der Waals surface area contributed by atoms with Crippen molar-refractivity contribution < 1.29 is 14.7 Å². The number of amides is 1. The fourth-order valence-electron chi connectivity index (χ4n) is 3.53. The zero-order valence-electron chi connectivity index (χ0n) is 15.2. The largest absolute Gasteiger partial charge is 0.476 e. The second-order valence-electron chi connectivity index (χ2n) is 6.83. The third-order valence-electron chi connectivity index (χ3n) is 4.92. The summed E-state index contributed by atoms with van der Waals surface area (Å²) in [4.78, 5) is 27.8. The van der Waals surface area contributed by atoms with Crippen molar-refractivity contribution in [3.63, 3.8) is 0 Å². The second-order valence-corrected chi connectivity index (χ2v) is 7.68. The normalized spacial score (nSPS) is 14.3. The lowest BCUT2D eigenvalue weighted by Gasteiger charge is -2.14. The Hall–Kier alpha value is -3.00. The number of benzene rings is 1. The zero-order chi connectivity index (χ0) is 19.5. The van der Waals surface area contributed by atoms with Crippen molar-refractivity contribution in [2.75, 3.05) is 0 Å². The number of carbonyl (C=O) groups excluding carboxylic acids is 1. The Labute approximate surface area is 166 Å². The van der Waals surface area contributed by atoms with E-state index in [9.17, 15) is 9.59 Å². The minimum absolute atomic E-state index is 0.0406. The lowest BCUT2D eigenvalue weighted by molar-refractivity contribution is 0.0691. The van der Waals surface area contributed by atoms with Crippen LogP contribution in [0.15, 0.2) is 41.9 Å². The van der Waals surface area contributed by atoms with Gasteiger partial charge in [-0.15, -0.1) is 11.3 Å². The molecule has 8 heteroatoms. The zero-order valence-corrected chi connectivity index (χ0v) is 16.0. The molecule has 0 unspecified atom stereocenters. The predicted octanol–water partition coefficient (Wildman–Crippen LogP) is 3.75. The molecule has 1 aliphatic carbocycles. The molecule has 1 saturated carbocycles. The third kappa shape index (κ3) is 3.82. The lowest BCUT2D eigenvalue weighted by atomic mass is 10.1. The molecule has 1 aliphatic rings. The molecule has 4 rings (SSSR count). The summed E-state index contributed by atoms with van der Waals surface area (Å²) in [5.74, 6) is -1.18. The lowest BCUT2D eigenvalue weighted by Crippen LogP contribution is -2.26. The summed E-state index contributed by atoms with van der Waals surface area (Å²) in [6.07, 6.45) is 6.17. The smallest absolute Gasteiger partial charge is 0.355 e. The first-order valence-electron chi connectivity index (χ1n) is 9.21. The van der Waals surface area contributed by atoms with Crippen molar-refractivity contribution in [3.05, 3.63) is 58.9 Å².